The molecule has 0 bridgehead atoms. The zero-order valence-corrected chi connectivity index (χ0v) is 15.2. The number of carbonyl (C=O) groups is 2. The molecule has 1 fully saturated rings. The molecule has 26 heavy (non-hydrogen) atoms. The first-order valence-electron chi connectivity index (χ1n) is 9.27. The maximum Gasteiger partial charge on any atom is 0.328 e. The predicted octanol–water partition coefficient (Wildman–Crippen LogP) is 3.43. The van der Waals surface area contributed by atoms with Crippen molar-refractivity contribution in [3.8, 4) is 0 Å². The van der Waals surface area contributed by atoms with E-state index in [4.69, 9.17) is 14.9 Å². The van der Waals surface area contributed by atoms with Crippen LogP contribution in [-0.2, 0) is 20.7 Å². The quantitative estimate of drug-likeness (QED) is 0.432. The largest absolute Gasteiger partial charge is 0.478 e. The second-order valence-corrected chi connectivity index (χ2v) is 6.45. The summed E-state index contributed by atoms with van der Waals surface area (Å²) in [5, 5.41) is 15.6. The highest BCUT2D eigenvalue weighted by Gasteiger charge is 2.12. The smallest absolute Gasteiger partial charge is 0.328 e. The fourth-order valence-corrected chi connectivity index (χ4v) is 2.98. The average Bonchev–Trinajstić information content (AvgIpc) is 3.14. The molecule has 7 nitrogen and oxygen atoms in total. The van der Waals surface area contributed by atoms with Gasteiger partial charge in [-0.2, -0.15) is 0 Å². The summed E-state index contributed by atoms with van der Waals surface area (Å²) in [6.07, 6.45) is 16.8. The summed E-state index contributed by atoms with van der Waals surface area (Å²) in [4.78, 5) is 26.2. The Morgan fingerprint density at radius 1 is 1.12 bits per heavy atom. The molecule has 1 aliphatic carbocycles. The second-order valence-electron chi connectivity index (χ2n) is 6.45. The molecule has 1 heterocycles. The van der Waals surface area contributed by atoms with Crippen LogP contribution in [0, 0.1) is 5.92 Å². The standard InChI is InChI=1S/C15H26N2O.C4H4O4/c1-2-6-14(7-3-1)8-4-10-18-11-5-9-15-12-16-13-17-15;5-3(6)1-2-4(7)8/h12-14H,1-11H2,(H,16,17);1-2H,(H,5,6)(H,7,8)/b;2-1-. The molecule has 0 saturated heterocycles. The summed E-state index contributed by atoms with van der Waals surface area (Å²) in [6.45, 7) is 1.82. The van der Waals surface area contributed by atoms with Gasteiger partial charge in [0.1, 0.15) is 0 Å². The fourth-order valence-electron chi connectivity index (χ4n) is 2.98. The van der Waals surface area contributed by atoms with Crippen LogP contribution in [-0.4, -0.2) is 45.3 Å². The first-order valence-corrected chi connectivity index (χ1v) is 9.27. The molecule has 2 rings (SSSR count). The van der Waals surface area contributed by atoms with Gasteiger partial charge in [-0.05, 0) is 31.6 Å². The number of H-pyrrole nitrogens is 1. The minimum atomic E-state index is -1.26. The molecule has 1 aromatic rings. The molecule has 146 valence electrons. The van der Waals surface area contributed by atoms with Crippen molar-refractivity contribution in [3.05, 3.63) is 30.4 Å². The minimum Gasteiger partial charge on any atom is -0.478 e. The SMILES string of the molecule is O=C(O)/C=C\C(=O)O.c1ncc(CCCOCCCC2CCCCC2)[nH]1. The van der Waals surface area contributed by atoms with Crippen LogP contribution < -0.4 is 0 Å². The average molecular weight is 366 g/mol. The number of aliphatic carboxylic acids is 2. The van der Waals surface area contributed by atoms with Crippen molar-refractivity contribution >= 4 is 11.9 Å². The molecule has 0 atom stereocenters. The summed E-state index contributed by atoms with van der Waals surface area (Å²) in [5.41, 5.74) is 1.21. The number of carboxylic acid groups (broad SMARTS) is 2. The number of nitrogens with one attached hydrogen (secondary N) is 1. The van der Waals surface area contributed by atoms with Crippen LogP contribution in [0.5, 0.6) is 0 Å². The molecular formula is C19H30N2O5. The topological polar surface area (TPSA) is 113 Å². The molecular weight excluding hydrogens is 336 g/mol. The van der Waals surface area contributed by atoms with E-state index in [0.29, 0.717) is 12.2 Å². The van der Waals surface area contributed by atoms with Crippen molar-refractivity contribution in [1.82, 2.24) is 9.97 Å². The Morgan fingerprint density at radius 2 is 1.77 bits per heavy atom. The van der Waals surface area contributed by atoms with E-state index in [1.807, 2.05) is 6.20 Å². The molecule has 1 aromatic heterocycles. The van der Waals surface area contributed by atoms with Crippen molar-refractivity contribution in [3.63, 3.8) is 0 Å². The zero-order valence-electron chi connectivity index (χ0n) is 15.2. The first kappa shape index (κ1) is 21.9. The summed E-state index contributed by atoms with van der Waals surface area (Å²) >= 11 is 0. The molecule has 0 radical (unpaired) electrons. The third-order valence-corrected chi connectivity index (χ3v) is 4.28. The van der Waals surface area contributed by atoms with E-state index in [9.17, 15) is 9.59 Å². The van der Waals surface area contributed by atoms with Crippen LogP contribution in [0.2, 0.25) is 0 Å². The summed E-state index contributed by atoms with van der Waals surface area (Å²) in [5.74, 6) is -1.52. The molecule has 7 heteroatoms. The number of carboxylic acids is 2. The summed E-state index contributed by atoms with van der Waals surface area (Å²) in [6, 6.07) is 0. The molecule has 1 saturated carbocycles. The van der Waals surface area contributed by atoms with Gasteiger partial charge >= 0.3 is 11.9 Å². The zero-order chi connectivity index (χ0) is 19.0. The van der Waals surface area contributed by atoms with Gasteiger partial charge in [-0.3, -0.25) is 0 Å². The number of rotatable bonds is 10. The van der Waals surface area contributed by atoms with Crippen molar-refractivity contribution in [2.45, 2.75) is 57.8 Å². The van der Waals surface area contributed by atoms with Gasteiger partial charge in [0.15, 0.2) is 0 Å². The third kappa shape index (κ3) is 12.2. The Kier molecular flexibility index (Phi) is 11.8. The number of hydrogen-bond acceptors (Lipinski definition) is 4. The number of aromatic amines is 1. The van der Waals surface area contributed by atoms with Crippen LogP contribution in [0.3, 0.4) is 0 Å². The van der Waals surface area contributed by atoms with Gasteiger partial charge in [-0.1, -0.05) is 32.1 Å². The Balaban J connectivity index is 0.000000359. The van der Waals surface area contributed by atoms with Gasteiger partial charge in [-0.25, -0.2) is 14.6 Å². The highest BCUT2D eigenvalue weighted by molar-refractivity contribution is 5.89. The van der Waals surface area contributed by atoms with Crippen LogP contribution in [0.15, 0.2) is 24.7 Å². The normalized spacial score (nSPS) is 14.8. The minimum absolute atomic E-state index is 0.558. The number of aryl methyl sites for hydroxylation is 1. The third-order valence-electron chi connectivity index (χ3n) is 4.28. The fraction of sp³-hybridized carbons (Fsp3) is 0.632. The van der Waals surface area contributed by atoms with E-state index in [-0.39, 0.29) is 0 Å². The number of imidazole rings is 1. The number of nitrogens with zero attached hydrogens (tertiary/aromatic N) is 1. The van der Waals surface area contributed by atoms with Crippen LogP contribution in [0.1, 0.15) is 57.1 Å². The maximum absolute atomic E-state index is 9.55. The Labute approximate surface area is 154 Å². The van der Waals surface area contributed by atoms with Crippen LogP contribution in [0.25, 0.3) is 0 Å². The molecule has 0 aromatic carbocycles. The van der Waals surface area contributed by atoms with Gasteiger partial charge < -0.3 is 19.9 Å². The van der Waals surface area contributed by atoms with Gasteiger partial charge in [0.05, 0.1) is 6.33 Å². The lowest BCUT2D eigenvalue weighted by atomic mass is 9.86. The van der Waals surface area contributed by atoms with E-state index in [0.717, 1.165) is 32.0 Å². The maximum atomic E-state index is 9.55. The van der Waals surface area contributed by atoms with E-state index >= 15 is 0 Å². The van der Waals surface area contributed by atoms with E-state index < -0.39 is 11.9 Å². The number of aromatic nitrogens is 2. The highest BCUT2D eigenvalue weighted by Crippen LogP contribution is 2.27. The molecule has 0 unspecified atom stereocenters. The van der Waals surface area contributed by atoms with Crippen molar-refractivity contribution in [2.24, 2.45) is 5.92 Å². The van der Waals surface area contributed by atoms with E-state index in [1.165, 1.54) is 50.6 Å². The summed E-state index contributed by atoms with van der Waals surface area (Å²) < 4.78 is 5.69. The van der Waals surface area contributed by atoms with Crippen molar-refractivity contribution < 1.29 is 24.5 Å². The lowest BCUT2D eigenvalue weighted by molar-refractivity contribution is -0.134. The van der Waals surface area contributed by atoms with Crippen LogP contribution >= 0.6 is 0 Å². The Bertz CT molecular complexity index is 506. The van der Waals surface area contributed by atoms with E-state index in [2.05, 4.69) is 9.97 Å². The van der Waals surface area contributed by atoms with Gasteiger partial charge in [0, 0.05) is 37.3 Å². The van der Waals surface area contributed by atoms with E-state index in [1.54, 1.807) is 6.33 Å². The van der Waals surface area contributed by atoms with Gasteiger partial charge in [0.2, 0.25) is 0 Å². The Morgan fingerprint density at radius 3 is 2.35 bits per heavy atom. The monoisotopic (exact) mass is 366 g/mol. The lowest BCUT2D eigenvalue weighted by Crippen LogP contribution is -2.07. The lowest BCUT2D eigenvalue weighted by Gasteiger charge is -2.21. The number of ether oxygens (including phenoxy) is 1. The molecule has 0 amide bonds. The molecule has 1 aliphatic rings. The number of hydrogen-bond donors (Lipinski definition) is 3. The summed E-state index contributed by atoms with van der Waals surface area (Å²) in [7, 11) is 0. The predicted molar refractivity (Wildman–Crippen MR) is 97.9 cm³/mol. The van der Waals surface area contributed by atoms with Crippen LogP contribution in [0.4, 0.5) is 0 Å². The van der Waals surface area contributed by atoms with Gasteiger partial charge in [-0.15, -0.1) is 0 Å². The Hall–Kier alpha value is -2.15. The molecule has 0 spiro atoms. The van der Waals surface area contributed by atoms with Crippen molar-refractivity contribution in [2.75, 3.05) is 13.2 Å². The molecule has 3 N–H and O–H groups in total. The van der Waals surface area contributed by atoms with Gasteiger partial charge in [0.25, 0.3) is 0 Å². The second kappa shape index (κ2) is 14.1. The highest BCUT2D eigenvalue weighted by atomic mass is 16.5. The van der Waals surface area contributed by atoms with Crippen molar-refractivity contribution in [1.29, 1.82) is 0 Å². The first-order chi connectivity index (χ1) is 12.6. The molecule has 0 aliphatic heterocycles.